The molecule has 64 valence electrons. The van der Waals surface area contributed by atoms with Gasteiger partial charge in [0.2, 0.25) is 0 Å². The standard InChI is InChI=1S/C9H17NO/c1-4-5-9(8(2)3)11-7-6-10/h4-5,8H,1,6-7,10H2,2-3H3/b9-5+. The lowest BCUT2D eigenvalue weighted by Crippen LogP contribution is -2.10. The molecular weight excluding hydrogens is 138 g/mol. The summed E-state index contributed by atoms with van der Waals surface area (Å²) in [7, 11) is 0. The summed E-state index contributed by atoms with van der Waals surface area (Å²) in [4.78, 5) is 0. The molecule has 0 saturated carbocycles. The summed E-state index contributed by atoms with van der Waals surface area (Å²) >= 11 is 0. The highest BCUT2D eigenvalue weighted by atomic mass is 16.5. The molecule has 2 N–H and O–H groups in total. The zero-order valence-corrected chi connectivity index (χ0v) is 7.34. The lowest BCUT2D eigenvalue weighted by Gasteiger charge is -2.11. The molecule has 2 heteroatoms. The van der Waals surface area contributed by atoms with Crippen LogP contribution in [0.2, 0.25) is 0 Å². The van der Waals surface area contributed by atoms with E-state index in [-0.39, 0.29) is 0 Å². The summed E-state index contributed by atoms with van der Waals surface area (Å²) in [6.07, 6.45) is 3.60. The predicted octanol–water partition coefficient (Wildman–Crippen LogP) is 1.69. The highest BCUT2D eigenvalue weighted by Gasteiger charge is 2.01. The number of hydrogen-bond acceptors (Lipinski definition) is 2. The lowest BCUT2D eigenvalue weighted by molar-refractivity contribution is 0.193. The molecule has 0 saturated heterocycles. The van der Waals surface area contributed by atoms with E-state index in [1.54, 1.807) is 6.08 Å². The average molecular weight is 155 g/mol. The van der Waals surface area contributed by atoms with Crippen LogP contribution in [0.25, 0.3) is 0 Å². The quantitative estimate of drug-likeness (QED) is 0.484. The van der Waals surface area contributed by atoms with Gasteiger partial charge in [0, 0.05) is 12.5 Å². The van der Waals surface area contributed by atoms with Crippen molar-refractivity contribution in [1.82, 2.24) is 0 Å². The van der Waals surface area contributed by atoms with E-state index in [4.69, 9.17) is 10.5 Å². The van der Waals surface area contributed by atoms with Crippen molar-refractivity contribution < 1.29 is 4.74 Å². The number of nitrogens with two attached hydrogens (primary N) is 1. The smallest absolute Gasteiger partial charge is 0.0999 e. The molecule has 0 aliphatic heterocycles. The topological polar surface area (TPSA) is 35.2 Å². The van der Waals surface area contributed by atoms with Crippen molar-refractivity contribution in [2.45, 2.75) is 13.8 Å². The van der Waals surface area contributed by atoms with Gasteiger partial charge in [0.15, 0.2) is 0 Å². The van der Waals surface area contributed by atoms with Gasteiger partial charge in [0.25, 0.3) is 0 Å². The molecule has 0 aliphatic rings. The highest BCUT2D eigenvalue weighted by molar-refractivity contribution is 5.06. The van der Waals surface area contributed by atoms with Gasteiger partial charge in [-0.2, -0.15) is 0 Å². The molecule has 0 atom stereocenters. The molecule has 0 fully saturated rings. The summed E-state index contributed by atoms with van der Waals surface area (Å²) in [5.41, 5.74) is 5.30. The van der Waals surface area contributed by atoms with Crippen LogP contribution in [-0.2, 0) is 4.74 Å². The Labute approximate surface area is 68.7 Å². The first kappa shape index (κ1) is 10.2. The van der Waals surface area contributed by atoms with E-state index in [9.17, 15) is 0 Å². The third-order valence-corrected chi connectivity index (χ3v) is 1.24. The zero-order chi connectivity index (χ0) is 8.69. The maximum atomic E-state index is 5.36. The third kappa shape index (κ3) is 4.62. The van der Waals surface area contributed by atoms with Gasteiger partial charge in [-0.25, -0.2) is 0 Å². The number of rotatable bonds is 5. The fourth-order valence-corrected chi connectivity index (χ4v) is 0.700. The largest absolute Gasteiger partial charge is 0.496 e. The monoisotopic (exact) mass is 155 g/mol. The van der Waals surface area contributed by atoms with Crippen molar-refractivity contribution in [2.75, 3.05) is 13.2 Å². The highest BCUT2D eigenvalue weighted by Crippen LogP contribution is 2.10. The SMILES string of the molecule is C=C/C=C(/OCCN)C(C)C. The first-order valence-corrected chi connectivity index (χ1v) is 3.87. The van der Waals surface area contributed by atoms with Crippen molar-refractivity contribution in [3.63, 3.8) is 0 Å². The molecule has 0 aromatic rings. The minimum Gasteiger partial charge on any atom is -0.496 e. The van der Waals surface area contributed by atoms with Crippen LogP contribution >= 0.6 is 0 Å². The molecule has 0 unspecified atom stereocenters. The van der Waals surface area contributed by atoms with Crippen LogP contribution < -0.4 is 5.73 Å². The molecule has 2 nitrogen and oxygen atoms in total. The Morgan fingerprint density at radius 3 is 2.64 bits per heavy atom. The van der Waals surface area contributed by atoms with Crippen LogP contribution in [0.3, 0.4) is 0 Å². The maximum Gasteiger partial charge on any atom is 0.0999 e. The van der Waals surface area contributed by atoms with Gasteiger partial charge in [-0.1, -0.05) is 26.5 Å². The van der Waals surface area contributed by atoms with E-state index in [1.807, 2.05) is 6.08 Å². The molecular formula is C9H17NO. The fourth-order valence-electron chi connectivity index (χ4n) is 0.700. The fraction of sp³-hybridized carbons (Fsp3) is 0.556. The minimum absolute atomic E-state index is 0.402. The molecule has 11 heavy (non-hydrogen) atoms. The molecule has 0 rings (SSSR count). The van der Waals surface area contributed by atoms with Crippen LogP contribution in [0.4, 0.5) is 0 Å². The van der Waals surface area contributed by atoms with Gasteiger partial charge in [0.05, 0.1) is 12.4 Å². The molecule has 0 spiro atoms. The summed E-state index contributed by atoms with van der Waals surface area (Å²) in [5.74, 6) is 1.35. The lowest BCUT2D eigenvalue weighted by atomic mass is 10.1. The summed E-state index contributed by atoms with van der Waals surface area (Å²) in [6, 6.07) is 0. The van der Waals surface area contributed by atoms with E-state index >= 15 is 0 Å². The Bertz CT molecular complexity index is 138. The van der Waals surface area contributed by atoms with Crippen LogP contribution in [-0.4, -0.2) is 13.2 Å². The van der Waals surface area contributed by atoms with E-state index in [1.165, 1.54) is 0 Å². The van der Waals surface area contributed by atoms with Crippen molar-refractivity contribution in [1.29, 1.82) is 0 Å². The molecule has 0 aliphatic carbocycles. The first-order valence-electron chi connectivity index (χ1n) is 3.87. The van der Waals surface area contributed by atoms with Gasteiger partial charge in [-0.15, -0.1) is 0 Å². The van der Waals surface area contributed by atoms with Gasteiger partial charge in [-0.3, -0.25) is 0 Å². The van der Waals surface area contributed by atoms with E-state index in [0.29, 0.717) is 19.1 Å². The number of hydrogen-bond donors (Lipinski definition) is 1. The summed E-state index contributed by atoms with van der Waals surface area (Å²) in [6.45, 7) is 8.89. The normalized spacial score (nSPS) is 11.8. The van der Waals surface area contributed by atoms with E-state index in [2.05, 4.69) is 20.4 Å². The van der Waals surface area contributed by atoms with Crippen molar-refractivity contribution in [2.24, 2.45) is 11.7 Å². The van der Waals surface area contributed by atoms with Crippen molar-refractivity contribution in [3.05, 3.63) is 24.5 Å². The second-order valence-electron chi connectivity index (χ2n) is 2.60. The Hall–Kier alpha value is -0.760. The molecule has 0 radical (unpaired) electrons. The van der Waals surface area contributed by atoms with Gasteiger partial charge in [-0.05, 0) is 6.08 Å². The van der Waals surface area contributed by atoms with Crippen LogP contribution in [0.1, 0.15) is 13.8 Å². The Balaban J connectivity index is 3.89. The van der Waals surface area contributed by atoms with E-state index < -0.39 is 0 Å². The number of allylic oxidation sites excluding steroid dienone is 3. The molecule has 0 bridgehead atoms. The first-order chi connectivity index (χ1) is 5.22. The second-order valence-corrected chi connectivity index (χ2v) is 2.60. The molecule has 0 amide bonds. The van der Waals surface area contributed by atoms with E-state index in [0.717, 1.165) is 5.76 Å². The second kappa shape index (κ2) is 5.98. The van der Waals surface area contributed by atoms with Gasteiger partial charge >= 0.3 is 0 Å². The Kier molecular flexibility index (Phi) is 5.57. The summed E-state index contributed by atoms with van der Waals surface area (Å²) < 4.78 is 5.36. The van der Waals surface area contributed by atoms with Gasteiger partial charge in [0.1, 0.15) is 0 Å². The third-order valence-electron chi connectivity index (χ3n) is 1.24. The minimum atomic E-state index is 0.402. The zero-order valence-electron chi connectivity index (χ0n) is 7.34. The maximum absolute atomic E-state index is 5.36. The van der Waals surface area contributed by atoms with Crippen LogP contribution in [0, 0.1) is 5.92 Å². The predicted molar refractivity (Wildman–Crippen MR) is 48.1 cm³/mol. The molecule has 0 heterocycles. The Morgan fingerprint density at radius 1 is 1.64 bits per heavy atom. The number of ether oxygens (including phenoxy) is 1. The van der Waals surface area contributed by atoms with Crippen LogP contribution in [0.5, 0.6) is 0 Å². The summed E-state index contributed by atoms with van der Waals surface area (Å²) in [5, 5.41) is 0. The Morgan fingerprint density at radius 2 is 2.27 bits per heavy atom. The van der Waals surface area contributed by atoms with Gasteiger partial charge < -0.3 is 10.5 Å². The molecule has 0 aromatic heterocycles. The van der Waals surface area contributed by atoms with Crippen molar-refractivity contribution >= 4 is 0 Å². The van der Waals surface area contributed by atoms with Crippen molar-refractivity contribution in [3.8, 4) is 0 Å². The van der Waals surface area contributed by atoms with Crippen LogP contribution in [0.15, 0.2) is 24.5 Å². The molecule has 0 aromatic carbocycles. The average Bonchev–Trinajstić information content (AvgIpc) is 1.97.